The number of aryl methyl sites for hydroxylation is 3. The molecule has 1 heterocycles. The average molecular weight is 387 g/mol. The molecule has 1 atom stereocenters. The molecule has 142 valence electrons. The van der Waals surface area contributed by atoms with Crippen molar-refractivity contribution in [2.45, 2.75) is 27.2 Å². The van der Waals surface area contributed by atoms with Crippen molar-refractivity contribution < 1.29 is 14.3 Å². The molecule has 2 aromatic rings. The lowest BCUT2D eigenvalue weighted by Crippen LogP contribution is -2.28. The van der Waals surface area contributed by atoms with Crippen LogP contribution in [0.3, 0.4) is 0 Å². The molecule has 2 aromatic carbocycles. The van der Waals surface area contributed by atoms with E-state index in [2.05, 4.69) is 5.32 Å². The van der Waals surface area contributed by atoms with Gasteiger partial charge in [0.15, 0.2) is 0 Å². The van der Waals surface area contributed by atoms with Gasteiger partial charge in [0.2, 0.25) is 11.8 Å². The molecule has 0 aromatic heterocycles. The first kappa shape index (κ1) is 19.2. The maximum Gasteiger partial charge on any atom is 0.229 e. The molecule has 27 heavy (non-hydrogen) atoms. The van der Waals surface area contributed by atoms with Gasteiger partial charge in [-0.15, -0.1) is 0 Å². The number of halogens is 1. The van der Waals surface area contributed by atoms with Gasteiger partial charge >= 0.3 is 0 Å². The summed E-state index contributed by atoms with van der Waals surface area (Å²) in [6.45, 7) is 6.26. The van der Waals surface area contributed by atoms with E-state index in [1.807, 2.05) is 32.9 Å². The molecule has 5 nitrogen and oxygen atoms in total. The number of methoxy groups -OCH3 is 1. The standard InChI is InChI=1S/C21H23ClN2O3/c1-12-7-13(2)20(14(3)8-12)23-21(26)15-9-19(25)24(11-15)17-10-16(22)5-6-18(17)27-4/h5-8,10,15H,9,11H2,1-4H3,(H,23,26). The minimum atomic E-state index is -0.429. The van der Waals surface area contributed by atoms with Crippen LogP contribution in [0.5, 0.6) is 5.75 Å². The smallest absolute Gasteiger partial charge is 0.229 e. The Hall–Kier alpha value is -2.53. The van der Waals surface area contributed by atoms with Crippen molar-refractivity contribution in [2.75, 3.05) is 23.9 Å². The van der Waals surface area contributed by atoms with Crippen LogP contribution in [0.25, 0.3) is 0 Å². The normalized spacial score (nSPS) is 16.6. The molecule has 0 spiro atoms. The van der Waals surface area contributed by atoms with Gasteiger partial charge in [0.1, 0.15) is 5.75 Å². The fraction of sp³-hybridized carbons (Fsp3) is 0.333. The van der Waals surface area contributed by atoms with E-state index in [9.17, 15) is 9.59 Å². The number of rotatable bonds is 4. The lowest BCUT2D eigenvalue weighted by atomic mass is 10.0. The predicted molar refractivity (Wildman–Crippen MR) is 108 cm³/mol. The Morgan fingerprint density at radius 3 is 2.48 bits per heavy atom. The molecule has 3 rings (SSSR count). The average Bonchev–Trinajstić information content (AvgIpc) is 2.99. The third-order valence-electron chi connectivity index (χ3n) is 4.85. The molecule has 6 heteroatoms. The number of carbonyl (C=O) groups excluding carboxylic acids is 2. The molecule has 1 aliphatic rings. The van der Waals surface area contributed by atoms with E-state index in [1.165, 1.54) is 0 Å². The zero-order valence-corrected chi connectivity index (χ0v) is 16.7. The maximum absolute atomic E-state index is 12.8. The first-order chi connectivity index (χ1) is 12.8. The Labute approximate surface area is 164 Å². The summed E-state index contributed by atoms with van der Waals surface area (Å²) in [5, 5.41) is 3.52. The molecule has 1 fully saturated rings. The van der Waals surface area contributed by atoms with Crippen LogP contribution in [0.1, 0.15) is 23.1 Å². The van der Waals surface area contributed by atoms with E-state index >= 15 is 0 Å². The first-order valence-electron chi connectivity index (χ1n) is 8.82. The number of benzene rings is 2. The molecular weight excluding hydrogens is 364 g/mol. The molecule has 2 amide bonds. The number of hydrogen-bond donors (Lipinski definition) is 1. The lowest BCUT2D eigenvalue weighted by Gasteiger charge is -2.20. The van der Waals surface area contributed by atoms with Crippen LogP contribution < -0.4 is 15.0 Å². The number of carbonyl (C=O) groups is 2. The summed E-state index contributed by atoms with van der Waals surface area (Å²) in [5.41, 5.74) is 4.58. The first-order valence-corrected chi connectivity index (χ1v) is 9.20. The molecule has 1 unspecified atom stereocenters. The van der Waals surface area contributed by atoms with Crippen LogP contribution in [-0.4, -0.2) is 25.5 Å². The number of nitrogens with zero attached hydrogens (tertiary/aromatic N) is 1. The van der Waals surface area contributed by atoms with Crippen molar-refractivity contribution in [1.29, 1.82) is 0 Å². The zero-order valence-electron chi connectivity index (χ0n) is 15.9. The maximum atomic E-state index is 12.8. The van der Waals surface area contributed by atoms with Crippen LogP contribution in [-0.2, 0) is 9.59 Å². The topological polar surface area (TPSA) is 58.6 Å². The highest BCUT2D eigenvalue weighted by Gasteiger charge is 2.36. The van der Waals surface area contributed by atoms with E-state index in [1.54, 1.807) is 30.2 Å². The minimum Gasteiger partial charge on any atom is -0.495 e. The van der Waals surface area contributed by atoms with Gasteiger partial charge in [-0.1, -0.05) is 29.3 Å². The SMILES string of the molecule is COc1ccc(Cl)cc1N1CC(C(=O)Nc2c(C)cc(C)cc2C)CC1=O. The number of hydrogen-bond acceptors (Lipinski definition) is 3. The van der Waals surface area contributed by atoms with Crippen molar-refractivity contribution in [3.8, 4) is 5.75 Å². The Kier molecular flexibility index (Phi) is 5.42. The van der Waals surface area contributed by atoms with Crippen LogP contribution in [0.4, 0.5) is 11.4 Å². The highest BCUT2D eigenvalue weighted by molar-refractivity contribution is 6.31. The largest absolute Gasteiger partial charge is 0.495 e. The highest BCUT2D eigenvalue weighted by Crippen LogP contribution is 2.35. The lowest BCUT2D eigenvalue weighted by molar-refractivity contribution is -0.122. The van der Waals surface area contributed by atoms with E-state index in [0.29, 0.717) is 23.0 Å². The van der Waals surface area contributed by atoms with Crippen molar-refractivity contribution in [3.63, 3.8) is 0 Å². The number of ether oxygens (including phenoxy) is 1. The van der Waals surface area contributed by atoms with Crippen LogP contribution >= 0.6 is 11.6 Å². The summed E-state index contributed by atoms with van der Waals surface area (Å²) in [6, 6.07) is 9.18. The Bertz CT molecular complexity index is 887. The molecule has 0 aliphatic carbocycles. The highest BCUT2D eigenvalue weighted by atomic mass is 35.5. The number of anilines is 2. The van der Waals surface area contributed by atoms with Gasteiger partial charge in [-0.25, -0.2) is 0 Å². The van der Waals surface area contributed by atoms with Crippen molar-refractivity contribution in [3.05, 3.63) is 52.0 Å². The van der Waals surface area contributed by atoms with Crippen molar-refractivity contribution >= 4 is 34.8 Å². The van der Waals surface area contributed by atoms with Gasteiger partial charge in [-0.3, -0.25) is 9.59 Å². The van der Waals surface area contributed by atoms with E-state index in [4.69, 9.17) is 16.3 Å². The second kappa shape index (κ2) is 7.61. The minimum absolute atomic E-state index is 0.118. The van der Waals surface area contributed by atoms with Gasteiger partial charge in [0, 0.05) is 23.7 Å². The molecule has 0 radical (unpaired) electrons. The summed E-state index contributed by atoms with van der Waals surface area (Å²) in [4.78, 5) is 26.9. The third-order valence-corrected chi connectivity index (χ3v) is 5.09. The van der Waals surface area contributed by atoms with Gasteiger partial charge in [-0.05, 0) is 50.1 Å². The fourth-order valence-corrected chi connectivity index (χ4v) is 3.76. The third kappa shape index (κ3) is 3.93. The van der Waals surface area contributed by atoms with Gasteiger partial charge in [-0.2, -0.15) is 0 Å². The van der Waals surface area contributed by atoms with Gasteiger partial charge in [0.05, 0.1) is 18.7 Å². The van der Waals surface area contributed by atoms with Crippen molar-refractivity contribution in [2.24, 2.45) is 5.92 Å². The van der Waals surface area contributed by atoms with Gasteiger partial charge in [0.25, 0.3) is 0 Å². The van der Waals surface area contributed by atoms with Crippen molar-refractivity contribution in [1.82, 2.24) is 0 Å². The second-order valence-corrected chi connectivity index (χ2v) is 7.42. The Balaban J connectivity index is 1.80. The van der Waals surface area contributed by atoms with Crippen LogP contribution in [0, 0.1) is 26.7 Å². The summed E-state index contributed by atoms with van der Waals surface area (Å²) >= 11 is 6.08. The molecule has 1 saturated heterocycles. The zero-order chi connectivity index (χ0) is 19.7. The fourth-order valence-electron chi connectivity index (χ4n) is 3.59. The second-order valence-electron chi connectivity index (χ2n) is 6.98. The molecule has 1 aliphatic heterocycles. The molecule has 0 bridgehead atoms. The summed E-state index contributed by atoms with van der Waals surface area (Å²) in [5.74, 6) is -0.143. The predicted octanol–water partition coefficient (Wildman–Crippen LogP) is 4.27. The van der Waals surface area contributed by atoms with E-state index < -0.39 is 5.92 Å². The Morgan fingerprint density at radius 1 is 1.19 bits per heavy atom. The quantitative estimate of drug-likeness (QED) is 0.853. The summed E-state index contributed by atoms with van der Waals surface area (Å²) in [6.07, 6.45) is 0.158. The van der Waals surface area contributed by atoms with E-state index in [-0.39, 0.29) is 18.2 Å². The molecular formula is C21H23ClN2O3. The molecule has 0 saturated carbocycles. The Morgan fingerprint density at radius 2 is 1.85 bits per heavy atom. The monoisotopic (exact) mass is 386 g/mol. The van der Waals surface area contributed by atoms with Crippen LogP contribution in [0.15, 0.2) is 30.3 Å². The molecule has 1 N–H and O–H groups in total. The van der Waals surface area contributed by atoms with E-state index in [0.717, 1.165) is 22.4 Å². The van der Waals surface area contributed by atoms with Crippen LogP contribution in [0.2, 0.25) is 5.02 Å². The van der Waals surface area contributed by atoms with Gasteiger partial charge < -0.3 is 15.0 Å². The number of nitrogens with one attached hydrogen (secondary N) is 1. The summed E-state index contributed by atoms with van der Waals surface area (Å²) in [7, 11) is 1.54. The number of amides is 2. The summed E-state index contributed by atoms with van der Waals surface area (Å²) < 4.78 is 5.34.